The van der Waals surface area contributed by atoms with E-state index in [-0.39, 0.29) is 22.8 Å². The third-order valence-electron chi connectivity index (χ3n) is 4.35. The van der Waals surface area contributed by atoms with Crippen molar-refractivity contribution in [2.45, 2.75) is 32.3 Å². The highest BCUT2D eigenvalue weighted by Crippen LogP contribution is 2.16. The summed E-state index contributed by atoms with van der Waals surface area (Å²) >= 11 is 0. The molecule has 1 aromatic carbocycles. The van der Waals surface area contributed by atoms with Crippen LogP contribution in [0.2, 0.25) is 0 Å². The molecular formula is C20H21N3O5S. The molecule has 0 aliphatic rings. The number of aryl methyl sites for hydroxylation is 3. The fourth-order valence-corrected chi connectivity index (χ4v) is 4.17. The van der Waals surface area contributed by atoms with Gasteiger partial charge < -0.3 is 4.74 Å². The predicted molar refractivity (Wildman–Crippen MR) is 107 cm³/mol. The second kappa shape index (κ2) is 8.14. The second-order valence-corrected chi connectivity index (χ2v) is 8.44. The lowest BCUT2D eigenvalue weighted by Gasteiger charge is -2.10. The number of ether oxygens (including phenoxy) is 1. The molecular weight excluding hydrogens is 394 g/mol. The van der Waals surface area contributed by atoms with Crippen LogP contribution >= 0.6 is 0 Å². The number of benzene rings is 1. The quantitative estimate of drug-likeness (QED) is 0.614. The summed E-state index contributed by atoms with van der Waals surface area (Å²) in [5.74, 6) is -0.773. The van der Waals surface area contributed by atoms with Crippen molar-refractivity contribution in [2.24, 2.45) is 0 Å². The Morgan fingerprint density at radius 3 is 2.66 bits per heavy atom. The molecule has 2 heterocycles. The van der Waals surface area contributed by atoms with Crippen LogP contribution in [0.1, 0.15) is 22.5 Å². The standard InChI is InChI=1S/C20H21N3O5S/c1-13-7-8-14(2)17(9-13)29(26,27)21-11-20(25)28-12-16-10-19(24)23-15(3)5-4-6-18(23)22-16/h4-10,21H,11-12H2,1-3H3. The van der Waals surface area contributed by atoms with Crippen LogP contribution in [-0.2, 0) is 26.2 Å². The number of carbonyl (C=O) groups excluding carboxylic acids is 1. The number of fused-ring (bicyclic) bond motifs is 1. The van der Waals surface area contributed by atoms with Gasteiger partial charge in [-0.25, -0.2) is 13.4 Å². The number of rotatable bonds is 6. The molecule has 1 N–H and O–H groups in total. The lowest BCUT2D eigenvalue weighted by molar-refractivity contribution is -0.143. The molecule has 8 nitrogen and oxygen atoms in total. The Kier molecular flexibility index (Phi) is 5.81. The number of carbonyl (C=O) groups is 1. The number of nitrogens with one attached hydrogen (secondary N) is 1. The minimum absolute atomic E-state index is 0.116. The van der Waals surface area contributed by atoms with Gasteiger partial charge in [0.2, 0.25) is 10.0 Å². The highest BCUT2D eigenvalue weighted by molar-refractivity contribution is 7.89. The number of nitrogens with zero attached hydrogens (tertiary/aromatic N) is 2. The van der Waals surface area contributed by atoms with Gasteiger partial charge in [-0.2, -0.15) is 4.72 Å². The van der Waals surface area contributed by atoms with Crippen molar-refractivity contribution in [3.8, 4) is 0 Å². The van der Waals surface area contributed by atoms with Gasteiger partial charge >= 0.3 is 5.97 Å². The molecule has 2 aromatic heterocycles. The van der Waals surface area contributed by atoms with E-state index in [9.17, 15) is 18.0 Å². The molecule has 9 heteroatoms. The van der Waals surface area contributed by atoms with Crippen LogP contribution in [0.3, 0.4) is 0 Å². The number of sulfonamides is 1. The van der Waals surface area contributed by atoms with E-state index in [1.165, 1.54) is 16.5 Å². The van der Waals surface area contributed by atoms with E-state index in [0.717, 1.165) is 11.3 Å². The average Bonchev–Trinajstić information content (AvgIpc) is 2.66. The van der Waals surface area contributed by atoms with Gasteiger partial charge in [0.05, 0.1) is 10.6 Å². The minimum atomic E-state index is -3.85. The van der Waals surface area contributed by atoms with Gasteiger partial charge in [0.25, 0.3) is 5.56 Å². The number of hydrogen-bond donors (Lipinski definition) is 1. The Labute approximate surface area is 168 Å². The minimum Gasteiger partial charge on any atom is -0.458 e. The zero-order valence-electron chi connectivity index (χ0n) is 16.3. The molecule has 0 atom stereocenters. The highest BCUT2D eigenvalue weighted by Gasteiger charge is 2.18. The first-order valence-electron chi connectivity index (χ1n) is 8.88. The number of hydrogen-bond acceptors (Lipinski definition) is 6. The zero-order valence-corrected chi connectivity index (χ0v) is 17.1. The summed E-state index contributed by atoms with van der Waals surface area (Å²) in [6, 6.07) is 11.6. The van der Waals surface area contributed by atoms with Gasteiger partial charge in [0.1, 0.15) is 18.8 Å². The zero-order chi connectivity index (χ0) is 21.2. The van der Waals surface area contributed by atoms with Gasteiger partial charge in [-0.1, -0.05) is 18.2 Å². The van der Waals surface area contributed by atoms with E-state index in [2.05, 4.69) is 9.71 Å². The van der Waals surface area contributed by atoms with Crippen molar-refractivity contribution in [1.82, 2.24) is 14.1 Å². The molecule has 152 valence electrons. The summed E-state index contributed by atoms with van der Waals surface area (Å²) in [6.07, 6.45) is 0. The molecule has 0 bridgehead atoms. The van der Waals surface area contributed by atoms with Gasteiger partial charge in [0.15, 0.2) is 0 Å². The van der Waals surface area contributed by atoms with Crippen LogP contribution in [0, 0.1) is 20.8 Å². The average molecular weight is 415 g/mol. The van der Waals surface area contributed by atoms with E-state index in [0.29, 0.717) is 11.2 Å². The number of pyridine rings is 1. The maximum absolute atomic E-state index is 12.4. The maximum atomic E-state index is 12.4. The summed E-state index contributed by atoms with van der Waals surface area (Å²) < 4.78 is 33.6. The molecule has 0 aliphatic heterocycles. The topological polar surface area (TPSA) is 107 Å². The van der Waals surface area contributed by atoms with E-state index in [1.54, 1.807) is 45.0 Å². The molecule has 3 rings (SSSR count). The normalized spacial score (nSPS) is 11.6. The monoisotopic (exact) mass is 415 g/mol. The van der Waals surface area contributed by atoms with E-state index >= 15 is 0 Å². The van der Waals surface area contributed by atoms with Crippen LogP contribution in [0.5, 0.6) is 0 Å². The van der Waals surface area contributed by atoms with Crippen LogP contribution in [0.25, 0.3) is 5.65 Å². The second-order valence-electron chi connectivity index (χ2n) is 6.70. The molecule has 0 fully saturated rings. The molecule has 0 amide bonds. The number of esters is 1. The predicted octanol–water partition coefficient (Wildman–Crippen LogP) is 1.64. The van der Waals surface area contributed by atoms with E-state index in [4.69, 9.17) is 4.74 Å². The Hall–Kier alpha value is -3.04. The molecule has 29 heavy (non-hydrogen) atoms. The molecule has 0 spiro atoms. The van der Waals surface area contributed by atoms with Crippen molar-refractivity contribution < 1.29 is 17.9 Å². The first-order valence-corrected chi connectivity index (χ1v) is 10.4. The van der Waals surface area contributed by atoms with Crippen LogP contribution in [0.15, 0.2) is 52.2 Å². The largest absolute Gasteiger partial charge is 0.458 e. The molecule has 0 radical (unpaired) electrons. The van der Waals surface area contributed by atoms with E-state index < -0.39 is 22.5 Å². The Morgan fingerprint density at radius 1 is 1.14 bits per heavy atom. The Balaban J connectivity index is 1.65. The fraction of sp³-hybridized carbons (Fsp3) is 0.250. The maximum Gasteiger partial charge on any atom is 0.321 e. The Morgan fingerprint density at radius 2 is 1.90 bits per heavy atom. The lowest BCUT2D eigenvalue weighted by atomic mass is 10.2. The molecule has 0 saturated carbocycles. The van der Waals surface area contributed by atoms with Crippen molar-refractivity contribution >= 4 is 21.6 Å². The molecule has 3 aromatic rings. The number of aromatic nitrogens is 2. The third-order valence-corrected chi connectivity index (χ3v) is 5.90. The van der Waals surface area contributed by atoms with E-state index in [1.807, 2.05) is 6.07 Å². The fourth-order valence-electron chi connectivity index (χ4n) is 2.87. The first-order chi connectivity index (χ1) is 13.7. The van der Waals surface area contributed by atoms with Crippen LogP contribution in [0.4, 0.5) is 0 Å². The highest BCUT2D eigenvalue weighted by atomic mass is 32.2. The summed E-state index contributed by atoms with van der Waals surface area (Å²) in [6.45, 7) is 4.49. The Bertz CT molecular complexity index is 1250. The summed E-state index contributed by atoms with van der Waals surface area (Å²) in [4.78, 5) is 28.6. The van der Waals surface area contributed by atoms with Gasteiger partial charge in [-0.3, -0.25) is 14.0 Å². The van der Waals surface area contributed by atoms with Crippen molar-refractivity contribution in [3.05, 3.63) is 75.3 Å². The molecule has 0 unspecified atom stereocenters. The van der Waals surface area contributed by atoms with Crippen LogP contribution in [-0.4, -0.2) is 30.3 Å². The van der Waals surface area contributed by atoms with Crippen molar-refractivity contribution in [3.63, 3.8) is 0 Å². The van der Waals surface area contributed by atoms with Crippen molar-refractivity contribution in [1.29, 1.82) is 0 Å². The van der Waals surface area contributed by atoms with Crippen LogP contribution < -0.4 is 10.3 Å². The smallest absolute Gasteiger partial charge is 0.321 e. The third kappa shape index (κ3) is 4.69. The van der Waals surface area contributed by atoms with Gasteiger partial charge in [-0.05, 0) is 50.1 Å². The first kappa shape index (κ1) is 20.7. The summed E-state index contributed by atoms with van der Waals surface area (Å²) in [7, 11) is -3.85. The summed E-state index contributed by atoms with van der Waals surface area (Å²) in [5.41, 5.74) is 2.56. The lowest BCUT2D eigenvalue weighted by Crippen LogP contribution is -2.31. The van der Waals surface area contributed by atoms with Crippen molar-refractivity contribution in [2.75, 3.05) is 6.54 Å². The molecule has 0 saturated heterocycles. The summed E-state index contributed by atoms with van der Waals surface area (Å²) in [5, 5.41) is 0. The molecule has 0 aliphatic carbocycles. The van der Waals surface area contributed by atoms with Gasteiger partial charge in [0, 0.05) is 11.8 Å². The van der Waals surface area contributed by atoms with Gasteiger partial charge in [-0.15, -0.1) is 0 Å². The SMILES string of the molecule is Cc1ccc(C)c(S(=O)(=O)NCC(=O)OCc2cc(=O)n3c(C)cccc3n2)c1.